The highest BCUT2D eigenvalue weighted by Crippen LogP contribution is 2.17. The summed E-state index contributed by atoms with van der Waals surface area (Å²) in [7, 11) is 1.30. The first kappa shape index (κ1) is 15.0. The highest BCUT2D eigenvalue weighted by atomic mass is 32.2. The van der Waals surface area contributed by atoms with Crippen molar-refractivity contribution in [3.63, 3.8) is 0 Å². The lowest BCUT2D eigenvalue weighted by Crippen LogP contribution is -2.17. The van der Waals surface area contributed by atoms with Gasteiger partial charge in [0.05, 0.1) is 24.1 Å². The number of anilines is 1. The third-order valence-electron chi connectivity index (χ3n) is 2.48. The molecule has 0 saturated heterocycles. The zero-order valence-electron chi connectivity index (χ0n) is 11.3. The number of aromatic nitrogens is 2. The molecule has 21 heavy (non-hydrogen) atoms. The van der Waals surface area contributed by atoms with Gasteiger partial charge in [0.1, 0.15) is 0 Å². The van der Waals surface area contributed by atoms with Crippen molar-refractivity contribution in [1.29, 1.82) is 0 Å². The van der Waals surface area contributed by atoms with Gasteiger partial charge in [-0.15, -0.1) is 0 Å². The van der Waals surface area contributed by atoms with Crippen LogP contribution < -0.4 is 5.32 Å². The third kappa shape index (κ3) is 4.28. The maximum Gasteiger partial charge on any atom is 0.339 e. The normalized spacial score (nSPS) is 9.95. The van der Waals surface area contributed by atoms with Crippen LogP contribution in [0.25, 0.3) is 0 Å². The number of nitrogens with zero attached hydrogens (tertiary/aromatic N) is 2. The van der Waals surface area contributed by atoms with Crippen LogP contribution in [-0.4, -0.2) is 34.7 Å². The molecule has 0 spiro atoms. The van der Waals surface area contributed by atoms with Gasteiger partial charge in [0.25, 0.3) is 0 Å². The summed E-state index contributed by atoms with van der Waals surface area (Å²) < 4.78 is 4.67. The van der Waals surface area contributed by atoms with E-state index in [4.69, 9.17) is 0 Å². The minimum absolute atomic E-state index is 0.152. The fourth-order valence-electron chi connectivity index (χ4n) is 1.56. The van der Waals surface area contributed by atoms with Gasteiger partial charge in [-0.1, -0.05) is 23.9 Å². The minimum Gasteiger partial charge on any atom is -0.465 e. The molecule has 0 aliphatic carbocycles. The second kappa shape index (κ2) is 7.39. The summed E-state index contributed by atoms with van der Waals surface area (Å²) in [6.45, 7) is 0. The summed E-state index contributed by atoms with van der Waals surface area (Å²) in [5, 5.41) is 3.20. The SMILES string of the molecule is COC(=O)c1ccccc1NC(=O)CSc1ncccn1. The van der Waals surface area contributed by atoms with Crippen LogP contribution in [0.4, 0.5) is 5.69 Å². The molecule has 108 valence electrons. The van der Waals surface area contributed by atoms with E-state index in [9.17, 15) is 9.59 Å². The van der Waals surface area contributed by atoms with E-state index in [1.807, 2.05) is 0 Å². The number of thioether (sulfide) groups is 1. The van der Waals surface area contributed by atoms with Crippen molar-refractivity contribution in [1.82, 2.24) is 9.97 Å². The summed E-state index contributed by atoms with van der Waals surface area (Å²) in [4.78, 5) is 31.5. The number of nitrogens with one attached hydrogen (secondary N) is 1. The second-order valence-electron chi connectivity index (χ2n) is 3.91. The van der Waals surface area contributed by atoms with E-state index in [-0.39, 0.29) is 11.7 Å². The van der Waals surface area contributed by atoms with Crippen LogP contribution in [0, 0.1) is 0 Å². The quantitative estimate of drug-likeness (QED) is 0.517. The molecule has 1 N–H and O–H groups in total. The molecule has 0 radical (unpaired) electrons. The van der Waals surface area contributed by atoms with Crippen LogP contribution in [0.15, 0.2) is 47.9 Å². The smallest absolute Gasteiger partial charge is 0.339 e. The molecule has 0 unspecified atom stereocenters. The molecule has 2 rings (SSSR count). The Balaban J connectivity index is 1.98. The number of para-hydroxylation sites is 1. The van der Waals surface area contributed by atoms with Gasteiger partial charge in [0.15, 0.2) is 5.16 Å². The molecule has 0 saturated carbocycles. The van der Waals surface area contributed by atoms with E-state index in [2.05, 4.69) is 20.0 Å². The molecule has 0 bridgehead atoms. The van der Waals surface area contributed by atoms with E-state index in [1.54, 1.807) is 42.7 Å². The van der Waals surface area contributed by atoms with Gasteiger partial charge in [-0.2, -0.15) is 0 Å². The Morgan fingerprint density at radius 2 is 1.90 bits per heavy atom. The molecule has 0 aliphatic heterocycles. The van der Waals surface area contributed by atoms with Crippen LogP contribution in [0.3, 0.4) is 0 Å². The molecule has 1 heterocycles. The van der Waals surface area contributed by atoms with Crippen molar-refractivity contribution in [2.75, 3.05) is 18.2 Å². The van der Waals surface area contributed by atoms with Gasteiger partial charge in [-0.25, -0.2) is 14.8 Å². The lowest BCUT2D eigenvalue weighted by molar-refractivity contribution is -0.113. The maximum atomic E-state index is 11.9. The highest BCUT2D eigenvalue weighted by molar-refractivity contribution is 7.99. The topological polar surface area (TPSA) is 81.2 Å². The van der Waals surface area contributed by atoms with E-state index >= 15 is 0 Å². The Labute approximate surface area is 125 Å². The number of amides is 1. The standard InChI is InChI=1S/C14H13N3O3S/c1-20-13(19)10-5-2-3-6-11(10)17-12(18)9-21-14-15-7-4-8-16-14/h2-8H,9H2,1H3,(H,17,18). The van der Waals surface area contributed by atoms with Gasteiger partial charge in [0.2, 0.25) is 5.91 Å². The summed E-state index contributed by atoms with van der Waals surface area (Å²) in [6, 6.07) is 8.38. The van der Waals surface area contributed by atoms with Crippen molar-refractivity contribution in [2.45, 2.75) is 5.16 Å². The van der Waals surface area contributed by atoms with Gasteiger partial charge in [-0.05, 0) is 18.2 Å². The van der Waals surface area contributed by atoms with Crippen LogP contribution in [0.2, 0.25) is 0 Å². The van der Waals surface area contributed by atoms with Crippen LogP contribution in [0.5, 0.6) is 0 Å². The summed E-state index contributed by atoms with van der Waals surface area (Å²) in [5.74, 6) is -0.590. The van der Waals surface area contributed by atoms with E-state index in [0.29, 0.717) is 16.4 Å². The summed E-state index contributed by atoms with van der Waals surface area (Å²) in [6.07, 6.45) is 3.22. The van der Waals surface area contributed by atoms with Gasteiger partial charge >= 0.3 is 5.97 Å². The number of hydrogen-bond donors (Lipinski definition) is 1. The summed E-state index contributed by atoms with van der Waals surface area (Å²) in [5.41, 5.74) is 0.734. The maximum absolute atomic E-state index is 11.9. The van der Waals surface area contributed by atoms with E-state index in [0.717, 1.165) is 0 Å². The van der Waals surface area contributed by atoms with Crippen molar-refractivity contribution < 1.29 is 14.3 Å². The van der Waals surface area contributed by atoms with Crippen molar-refractivity contribution >= 4 is 29.3 Å². The molecule has 7 heteroatoms. The zero-order chi connectivity index (χ0) is 15.1. The molecule has 0 atom stereocenters. The van der Waals surface area contributed by atoms with Gasteiger partial charge < -0.3 is 10.1 Å². The van der Waals surface area contributed by atoms with E-state index < -0.39 is 5.97 Å². The van der Waals surface area contributed by atoms with Crippen LogP contribution in [-0.2, 0) is 9.53 Å². The molecule has 0 aliphatic rings. The third-order valence-corrected chi connectivity index (χ3v) is 3.36. The molecule has 1 aromatic carbocycles. The zero-order valence-corrected chi connectivity index (χ0v) is 12.1. The largest absolute Gasteiger partial charge is 0.465 e. The lowest BCUT2D eigenvalue weighted by Gasteiger charge is -2.09. The predicted molar refractivity (Wildman–Crippen MR) is 79.2 cm³/mol. The number of ether oxygens (including phenoxy) is 1. The first-order valence-electron chi connectivity index (χ1n) is 6.07. The van der Waals surface area contributed by atoms with Crippen molar-refractivity contribution in [3.8, 4) is 0 Å². The summed E-state index contributed by atoms with van der Waals surface area (Å²) >= 11 is 1.22. The first-order valence-corrected chi connectivity index (χ1v) is 7.06. The van der Waals surface area contributed by atoms with Gasteiger partial charge in [-0.3, -0.25) is 4.79 Å². The molecule has 1 aromatic heterocycles. The van der Waals surface area contributed by atoms with E-state index in [1.165, 1.54) is 18.9 Å². The molecule has 2 aromatic rings. The molecular weight excluding hydrogens is 290 g/mol. The molecular formula is C14H13N3O3S. The molecule has 6 nitrogen and oxygen atoms in total. The Bertz CT molecular complexity index is 634. The highest BCUT2D eigenvalue weighted by Gasteiger charge is 2.13. The fraction of sp³-hybridized carbons (Fsp3) is 0.143. The number of carbonyl (C=O) groups is 2. The lowest BCUT2D eigenvalue weighted by atomic mass is 10.2. The monoisotopic (exact) mass is 303 g/mol. The number of hydrogen-bond acceptors (Lipinski definition) is 6. The second-order valence-corrected chi connectivity index (χ2v) is 4.85. The van der Waals surface area contributed by atoms with Crippen molar-refractivity contribution in [3.05, 3.63) is 48.3 Å². The number of esters is 1. The van der Waals surface area contributed by atoms with Crippen LogP contribution >= 0.6 is 11.8 Å². The average Bonchev–Trinajstić information content (AvgIpc) is 2.54. The number of methoxy groups -OCH3 is 1. The van der Waals surface area contributed by atoms with Crippen LogP contribution in [0.1, 0.15) is 10.4 Å². The first-order chi connectivity index (χ1) is 10.2. The number of carbonyl (C=O) groups excluding carboxylic acids is 2. The fourth-order valence-corrected chi connectivity index (χ4v) is 2.16. The Kier molecular flexibility index (Phi) is 5.28. The number of rotatable bonds is 5. The number of benzene rings is 1. The Hall–Kier alpha value is -2.41. The Morgan fingerprint density at radius 1 is 1.19 bits per heavy atom. The Morgan fingerprint density at radius 3 is 2.62 bits per heavy atom. The predicted octanol–water partition coefficient (Wildman–Crippen LogP) is 1.99. The molecule has 0 fully saturated rings. The van der Waals surface area contributed by atoms with Gasteiger partial charge in [0, 0.05) is 12.4 Å². The molecule has 1 amide bonds. The average molecular weight is 303 g/mol. The minimum atomic E-state index is -0.495. The van der Waals surface area contributed by atoms with Crippen molar-refractivity contribution in [2.24, 2.45) is 0 Å².